The standard InChI is InChI=1S/C16H23ClN2O/c1-4-12(5-2)10-19-15(18-11(3)16(19)20)13-7-6-8-14(17)9-13/h6-9,11-12,15,18H,4-5,10H2,1-3H3. The van der Waals surface area contributed by atoms with Crippen molar-refractivity contribution in [1.82, 2.24) is 10.2 Å². The Morgan fingerprint density at radius 2 is 2.05 bits per heavy atom. The molecule has 2 unspecified atom stereocenters. The van der Waals surface area contributed by atoms with Gasteiger partial charge in [-0.15, -0.1) is 0 Å². The van der Waals surface area contributed by atoms with E-state index in [1.807, 2.05) is 36.1 Å². The van der Waals surface area contributed by atoms with E-state index in [9.17, 15) is 4.79 Å². The quantitative estimate of drug-likeness (QED) is 0.900. The number of halogens is 1. The first kappa shape index (κ1) is 15.3. The molecule has 2 rings (SSSR count). The van der Waals surface area contributed by atoms with Crippen molar-refractivity contribution in [2.24, 2.45) is 5.92 Å². The van der Waals surface area contributed by atoms with Crippen LogP contribution in [0.15, 0.2) is 24.3 Å². The summed E-state index contributed by atoms with van der Waals surface area (Å²) < 4.78 is 0. The maximum absolute atomic E-state index is 12.4. The topological polar surface area (TPSA) is 32.3 Å². The average Bonchev–Trinajstić information content (AvgIpc) is 2.72. The van der Waals surface area contributed by atoms with E-state index in [-0.39, 0.29) is 18.1 Å². The van der Waals surface area contributed by atoms with Gasteiger partial charge in [0.1, 0.15) is 6.17 Å². The van der Waals surface area contributed by atoms with Crippen molar-refractivity contribution < 1.29 is 4.79 Å². The lowest BCUT2D eigenvalue weighted by Crippen LogP contribution is -2.34. The van der Waals surface area contributed by atoms with Gasteiger partial charge >= 0.3 is 0 Å². The smallest absolute Gasteiger partial charge is 0.241 e. The van der Waals surface area contributed by atoms with Gasteiger partial charge in [-0.1, -0.05) is 50.4 Å². The highest BCUT2D eigenvalue weighted by molar-refractivity contribution is 6.30. The molecule has 1 aromatic carbocycles. The Bertz CT molecular complexity index is 473. The molecule has 0 aliphatic carbocycles. The van der Waals surface area contributed by atoms with Crippen molar-refractivity contribution in [3.05, 3.63) is 34.9 Å². The van der Waals surface area contributed by atoms with Crippen molar-refractivity contribution >= 4 is 17.5 Å². The molecule has 0 bridgehead atoms. The van der Waals surface area contributed by atoms with Crippen LogP contribution < -0.4 is 5.32 Å². The van der Waals surface area contributed by atoms with Crippen LogP contribution in [0.5, 0.6) is 0 Å². The lowest BCUT2D eigenvalue weighted by atomic mass is 10.0. The SMILES string of the molecule is CCC(CC)CN1C(=O)C(C)NC1c1cccc(Cl)c1. The van der Waals surface area contributed by atoms with Gasteiger partial charge in [-0.25, -0.2) is 0 Å². The number of amides is 1. The minimum Gasteiger partial charge on any atom is -0.321 e. The Morgan fingerprint density at radius 3 is 2.65 bits per heavy atom. The zero-order valence-electron chi connectivity index (χ0n) is 12.4. The summed E-state index contributed by atoms with van der Waals surface area (Å²) in [6.45, 7) is 7.09. The number of carbonyl (C=O) groups excluding carboxylic acids is 1. The first-order valence-electron chi connectivity index (χ1n) is 7.38. The molecule has 1 heterocycles. The minimum atomic E-state index is -0.131. The zero-order chi connectivity index (χ0) is 14.7. The maximum Gasteiger partial charge on any atom is 0.241 e. The summed E-state index contributed by atoms with van der Waals surface area (Å²) in [6, 6.07) is 7.62. The number of hydrogen-bond donors (Lipinski definition) is 1. The summed E-state index contributed by atoms with van der Waals surface area (Å²) in [6.07, 6.45) is 2.13. The second kappa shape index (κ2) is 6.59. The summed E-state index contributed by atoms with van der Waals surface area (Å²) >= 11 is 6.07. The van der Waals surface area contributed by atoms with Gasteiger partial charge in [0.2, 0.25) is 5.91 Å². The Hall–Kier alpha value is -1.06. The molecule has 0 aromatic heterocycles. The van der Waals surface area contributed by atoms with Crippen LogP contribution in [0.1, 0.15) is 45.3 Å². The molecule has 1 aromatic rings. The van der Waals surface area contributed by atoms with E-state index >= 15 is 0 Å². The number of carbonyl (C=O) groups is 1. The Morgan fingerprint density at radius 1 is 1.35 bits per heavy atom. The highest BCUT2D eigenvalue weighted by Gasteiger charge is 2.37. The van der Waals surface area contributed by atoms with Crippen LogP contribution in [0.2, 0.25) is 5.02 Å². The van der Waals surface area contributed by atoms with E-state index in [0.717, 1.165) is 24.9 Å². The summed E-state index contributed by atoms with van der Waals surface area (Å²) in [7, 11) is 0. The molecule has 4 heteroatoms. The molecule has 1 amide bonds. The molecule has 1 aliphatic heterocycles. The Labute approximate surface area is 126 Å². The fraction of sp³-hybridized carbons (Fsp3) is 0.562. The van der Waals surface area contributed by atoms with Gasteiger partial charge in [0.05, 0.1) is 6.04 Å². The molecule has 1 fully saturated rings. The Kier molecular flexibility index (Phi) is 5.06. The normalized spacial score (nSPS) is 22.9. The zero-order valence-corrected chi connectivity index (χ0v) is 13.2. The van der Waals surface area contributed by atoms with Crippen LogP contribution in [0.4, 0.5) is 0 Å². The molecule has 1 aliphatic rings. The molecule has 0 radical (unpaired) electrons. The summed E-state index contributed by atoms with van der Waals surface area (Å²) in [5.41, 5.74) is 1.06. The number of rotatable bonds is 5. The number of hydrogen-bond acceptors (Lipinski definition) is 2. The van der Waals surface area contributed by atoms with Crippen LogP contribution in [0.25, 0.3) is 0 Å². The number of nitrogens with one attached hydrogen (secondary N) is 1. The average molecular weight is 295 g/mol. The third-order valence-electron chi connectivity index (χ3n) is 4.15. The molecule has 110 valence electrons. The first-order chi connectivity index (χ1) is 9.56. The van der Waals surface area contributed by atoms with Crippen molar-refractivity contribution in [2.45, 2.75) is 45.8 Å². The van der Waals surface area contributed by atoms with Gasteiger partial charge in [0.15, 0.2) is 0 Å². The van der Waals surface area contributed by atoms with E-state index in [1.54, 1.807) is 0 Å². The van der Waals surface area contributed by atoms with Crippen molar-refractivity contribution in [3.63, 3.8) is 0 Å². The monoisotopic (exact) mass is 294 g/mol. The summed E-state index contributed by atoms with van der Waals surface area (Å²) in [4.78, 5) is 14.3. The fourth-order valence-corrected chi connectivity index (χ4v) is 2.95. The van der Waals surface area contributed by atoms with Crippen molar-refractivity contribution in [2.75, 3.05) is 6.54 Å². The molecule has 2 atom stereocenters. The van der Waals surface area contributed by atoms with E-state index < -0.39 is 0 Å². The van der Waals surface area contributed by atoms with Gasteiger partial charge in [0, 0.05) is 11.6 Å². The second-order valence-corrected chi connectivity index (χ2v) is 5.96. The van der Waals surface area contributed by atoms with Crippen LogP contribution >= 0.6 is 11.6 Å². The summed E-state index contributed by atoms with van der Waals surface area (Å²) in [5.74, 6) is 0.731. The maximum atomic E-state index is 12.4. The number of nitrogens with zero attached hydrogens (tertiary/aromatic N) is 1. The largest absolute Gasteiger partial charge is 0.321 e. The van der Waals surface area contributed by atoms with E-state index in [0.29, 0.717) is 10.9 Å². The highest BCUT2D eigenvalue weighted by Crippen LogP contribution is 2.28. The molecule has 0 saturated carbocycles. The summed E-state index contributed by atoms with van der Waals surface area (Å²) in [5, 5.41) is 4.08. The fourth-order valence-electron chi connectivity index (χ4n) is 2.75. The molecule has 1 saturated heterocycles. The van der Waals surface area contributed by atoms with Crippen LogP contribution in [-0.4, -0.2) is 23.4 Å². The molecular formula is C16H23ClN2O. The molecule has 1 N–H and O–H groups in total. The molecular weight excluding hydrogens is 272 g/mol. The van der Waals surface area contributed by atoms with Gasteiger partial charge < -0.3 is 4.90 Å². The van der Waals surface area contributed by atoms with E-state index in [2.05, 4.69) is 19.2 Å². The van der Waals surface area contributed by atoms with E-state index in [1.165, 1.54) is 0 Å². The van der Waals surface area contributed by atoms with Gasteiger partial charge in [-0.05, 0) is 30.5 Å². The minimum absolute atomic E-state index is 0.0585. The van der Waals surface area contributed by atoms with Crippen LogP contribution in [0, 0.1) is 5.92 Å². The Balaban J connectivity index is 2.23. The van der Waals surface area contributed by atoms with Crippen molar-refractivity contribution in [1.29, 1.82) is 0 Å². The lowest BCUT2D eigenvalue weighted by Gasteiger charge is -2.28. The first-order valence-corrected chi connectivity index (χ1v) is 7.76. The lowest BCUT2D eigenvalue weighted by molar-refractivity contribution is -0.130. The molecule has 3 nitrogen and oxygen atoms in total. The second-order valence-electron chi connectivity index (χ2n) is 5.52. The third kappa shape index (κ3) is 3.15. The van der Waals surface area contributed by atoms with Crippen LogP contribution in [0.3, 0.4) is 0 Å². The van der Waals surface area contributed by atoms with E-state index in [4.69, 9.17) is 11.6 Å². The molecule has 20 heavy (non-hydrogen) atoms. The predicted molar refractivity (Wildman–Crippen MR) is 82.6 cm³/mol. The van der Waals surface area contributed by atoms with Crippen molar-refractivity contribution in [3.8, 4) is 0 Å². The van der Waals surface area contributed by atoms with Gasteiger partial charge in [0.25, 0.3) is 0 Å². The van der Waals surface area contributed by atoms with Crippen LogP contribution in [-0.2, 0) is 4.79 Å². The third-order valence-corrected chi connectivity index (χ3v) is 4.38. The van der Waals surface area contributed by atoms with Gasteiger partial charge in [-0.3, -0.25) is 10.1 Å². The number of benzene rings is 1. The predicted octanol–water partition coefficient (Wildman–Crippen LogP) is 3.60. The van der Waals surface area contributed by atoms with Gasteiger partial charge in [-0.2, -0.15) is 0 Å². The highest BCUT2D eigenvalue weighted by atomic mass is 35.5. The molecule has 0 spiro atoms.